The molecule has 4 rings (SSSR count). The molecule has 0 aliphatic carbocycles. The minimum Gasteiger partial charge on any atom is -0.350 e. The molecule has 2 unspecified atom stereocenters. The average molecular weight is 301 g/mol. The molecule has 9 heteroatoms. The summed E-state index contributed by atoms with van der Waals surface area (Å²) < 4.78 is 39.3. The highest BCUT2D eigenvalue weighted by atomic mass is 32.2. The summed E-state index contributed by atoms with van der Waals surface area (Å²) in [4.78, 5) is 2.08. The SMILES string of the molecule is FC(F)(F)c1nnc2ccc(N3CC4CC3CS4)nn12. The van der Waals surface area contributed by atoms with Crippen molar-refractivity contribution in [3.63, 3.8) is 0 Å². The van der Waals surface area contributed by atoms with E-state index in [1.807, 2.05) is 11.8 Å². The third-order valence-electron chi connectivity index (χ3n) is 3.70. The van der Waals surface area contributed by atoms with Crippen molar-refractivity contribution in [3.05, 3.63) is 18.0 Å². The normalized spacial score (nSPS) is 25.9. The van der Waals surface area contributed by atoms with E-state index in [2.05, 4.69) is 20.2 Å². The van der Waals surface area contributed by atoms with Crippen LogP contribution in [0.1, 0.15) is 12.2 Å². The molecule has 2 aliphatic heterocycles. The van der Waals surface area contributed by atoms with Gasteiger partial charge in [-0.25, -0.2) is 0 Å². The van der Waals surface area contributed by atoms with E-state index in [-0.39, 0.29) is 5.65 Å². The van der Waals surface area contributed by atoms with Crippen LogP contribution in [0.15, 0.2) is 12.1 Å². The van der Waals surface area contributed by atoms with Crippen molar-refractivity contribution in [2.45, 2.75) is 23.9 Å². The van der Waals surface area contributed by atoms with Crippen LogP contribution in [0.25, 0.3) is 5.65 Å². The van der Waals surface area contributed by atoms with E-state index in [1.165, 1.54) is 6.07 Å². The number of thioether (sulfide) groups is 1. The Bertz CT molecular complexity index is 670. The maximum Gasteiger partial charge on any atom is 0.453 e. The lowest BCUT2D eigenvalue weighted by Gasteiger charge is -2.27. The van der Waals surface area contributed by atoms with Crippen molar-refractivity contribution in [1.29, 1.82) is 0 Å². The van der Waals surface area contributed by atoms with Crippen LogP contribution in [0.4, 0.5) is 19.0 Å². The Labute approximate surface area is 116 Å². The minimum absolute atomic E-state index is 0.111. The molecule has 106 valence electrons. The molecule has 0 amide bonds. The number of aromatic nitrogens is 4. The van der Waals surface area contributed by atoms with Gasteiger partial charge in [-0.15, -0.1) is 15.3 Å². The second-order valence-electron chi connectivity index (χ2n) is 4.98. The molecule has 2 aliphatic rings. The van der Waals surface area contributed by atoms with Crippen LogP contribution in [-0.2, 0) is 6.18 Å². The largest absolute Gasteiger partial charge is 0.453 e. The lowest BCUT2D eigenvalue weighted by Crippen LogP contribution is -2.34. The van der Waals surface area contributed by atoms with Gasteiger partial charge in [-0.05, 0) is 18.6 Å². The highest BCUT2D eigenvalue weighted by Crippen LogP contribution is 2.39. The number of hydrogen-bond donors (Lipinski definition) is 0. The third-order valence-corrected chi connectivity index (χ3v) is 5.09. The second-order valence-corrected chi connectivity index (χ2v) is 6.31. The van der Waals surface area contributed by atoms with Gasteiger partial charge in [0.25, 0.3) is 5.82 Å². The third kappa shape index (κ3) is 1.75. The molecule has 2 atom stereocenters. The summed E-state index contributed by atoms with van der Waals surface area (Å²) in [6, 6.07) is 3.62. The van der Waals surface area contributed by atoms with Gasteiger partial charge in [-0.1, -0.05) is 0 Å². The topological polar surface area (TPSA) is 46.3 Å². The summed E-state index contributed by atoms with van der Waals surface area (Å²) in [6.45, 7) is 0.845. The molecule has 0 radical (unpaired) electrons. The van der Waals surface area contributed by atoms with Crippen LogP contribution in [0.2, 0.25) is 0 Å². The number of halogens is 3. The predicted octanol–water partition coefficient (Wildman–Crippen LogP) is 1.84. The summed E-state index contributed by atoms with van der Waals surface area (Å²) in [5, 5.41) is 11.4. The first-order valence-corrected chi connectivity index (χ1v) is 7.25. The van der Waals surface area contributed by atoms with Crippen molar-refractivity contribution in [2.24, 2.45) is 0 Å². The van der Waals surface area contributed by atoms with E-state index < -0.39 is 12.0 Å². The molecule has 0 spiro atoms. The first-order chi connectivity index (χ1) is 9.52. The fraction of sp³-hybridized carbons (Fsp3) is 0.545. The molecule has 20 heavy (non-hydrogen) atoms. The first kappa shape index (κ1) is 12.2. The van der Waals surface area contributed by atoms with Gasteiger partial charge in [0.05, 0.1) is 0 Å². The summed E-state index contributed by atoms with van der Waals surface area (Å²) in [5.74, 6) is 0.502. The monoisotopic (exact) mass is 301 g/mol. The smallest absolute Gasteiger partial charge is 0.350 e. The van der Waals surface area contributed by atoms with Gasteiger partial charge >= 0.3 is 6.18 Å². The first-order valence-electron chi connectivity index (χ1n) is 6.20. The van der Waals surface area contributed by atoms with Crippen molar-refractivity contribution < 1.29 is 13.2 Å². The van der Waals surface area contributed by atoms with E-state index in [0.717, 1.165) is 23.2 Å². The summed E-state index contributed by atoms with van der Waals surface area (Å²) in [5.41, 5.74) is 0.111. The Balaban J connectivity index is 1.78. The standard InChI is InChI=1S/C11H10F3N5S/c12-11(13,14)10-16-15-8-1-2-9(17-19(8)10)18-4-7-3-6(18)5-20-7/h1-2,6-7H,3-5H2. The maximum atomic E-state index is 12.8. The molecule has 2 saturated heterocycles. The molecule has 2 fully saturated rings. The Morgan fingerprint density at radius 1 is 1.25 bits per heavy atom. The predicted molar refractivity (Wildman–Crippen MR) is 67.8 cm³/mol. The summed E-state index contributed by atoms with van der Waals surface area (Å²) in [7, 11) is 0. The number of fused-ring (bicyclic) bond motifs is 3. The molecule has 5 nitrogen and oxygen atoms in total. The molecule has 0 aromatic carbocycles. The summed E-state index contributed by atoms with van der Waals surface area (Å²) in [6.07, 6.45) is -3.47. The van der Waals surface area contributed by atoms with E-state index in [1.54, 1.807) is 6.07 Å². The highest BCUT2D eigenvalue weighted by molar-refractivity contribution is 8.00. The van der Waals surface area contributed by atoms with Crippen molar-refractivity contribution in [3.8, 4) is 0 Å². The Hall–Kier alpha value is -1.51. The zero-order chi connectivity index (χ0) is 13.9. The van der Waals surface area contributed by atoms with Gasteiger partial charge < -0.3 is 4.90 Å². The van der Waals surface area contributed by atoms with Crippen LogP contribution in [0.3, 0.4) is 0 Å². The van der Waals surface area contributed by atoms with E-state index in [4.69, 9.17) is 0 Å². The number of anilines is 1. The Kier molecular flexibility index (Phi) is 2.45. The Morgan fingerprint density at radius 2 is 2.10 bits per heavy atom. The van der Waals surface area contributed by atoms with Crippen molar-refractivity contribution in [2.75, 3.05) is 17.2 Å². The van der Waals surface area contributed by atoms with Gasteiger partial charge in [0, 0.05) is 23.6 Å². The van der Waals surface area contributed by atoms with Crippen molar-refractivity contribution >= 4 is 23.2 Å². The molecular formula is C11H10F3N5S. The summed E-state index contributed by atoms with van der Waals surface area (Å²) >= 11 is 1.92. The zero-order valence-electron chi connectivity index (χ0n) is 10.2. The molecule has 0 N–H and O–H groups in total. The molecular weight excluding hydrogens is 291 g/mol. The minimum atomic E-state index is -4.55. The van der Waals surface area contributed by atoms with Crippen molar-refractivity contribution in [1.82, 2.24) is 19.8 Å². The lowest BCUT2D eigenvalue weighted by molar-refractivity contribution is -0.146. The molecule has 2 aromatic heterocycles. The van der Waals surface area contributed by atoms with E-state index >= 15 is 0 Å². The molecule has 4 heterocycles. The molecule has 2 bridgehead atoms. The number of nitrogens with zero attached hydrogens (tertiary/aromatic N) is 5. The number of alkyl halides is 3. The zero-order valence-corrected chi connectivity index (χ0v) is 11.0. The van der Waals surface area contributed by atoms with Gasteiger partial charge in [0.15, 0.2) is 5.65 Å². The van der Waals surface area contributed by atoms with Crippen LogP contribution in [0, 0.1) is 0 Å². The van der Waals surface area contributed by atoms with Crippen LogP contribution in [-0.4, -0.2) is 43.4 Å². The van der Waals surface area contributed by atoms with Crippen LogP contribution >= 0.6 is 11.8 Å². The fourth-order valence-electron chi connectivity index (χ4n) is 2.79. The quantitative estimate of drug-likeness (QED) is 0.804. The highest BCUT2D eigenvalue weighted by Gasteiger charge is 2.40. The van der Waals surface area contributed by atoms with Gasteiger partial charge in [-0.2, -0.15) is 29.4 Å². The van der Waals surface area contributed by atoms with E-state index in [9.17, 15) is 13.2 Å². The van der Waals surface area contributed by atoms with E-state index in [0.29, 0.717) is 17.1 Å². The van der Waals surface area contributed by atoms with Gasteiger partial charge in [0.2, 0.25) is 0 Å². The second kappa shape index (κ2) is 4.00. The number of hydrogen-bond acceptors (Lipinski definition) is 5. The van der Waals surface area contributed by atoms with Gasteiger partial charge in [0.1, 0.15) is 5.82 Å². The number of rotatable bonds is 1. The average Bonchev–Trinajstić information content (AvgIpc) is 3.11. The molecule has 2 aromatic rings. The molecule has 0 saturated carbocycles. The van der Waals surface area contributed by atoms with Crippen LogP contribution in [0.5, 0.6) is 0 Å². The van der Waals surface area contributed by atoms with Crippen LogP contribution < -0.4 is 4.90 Å². The van der Waals surface area contributed by atoms with Gasteiger partial charge in [-0.3, -0.25) is 0 Å². The fourth-order valence-corrected chi connectivity index (χ4v) is 4.22. The maximum absolute atomic E-state index is 12.8. The Morgan fingerprint density at radius 3 is 2.75 bits per heavy atom. The lowest BCUT2D eigenvalue weighted by atomic mass is 10.2.